The Morgan fingerprint density at radius 3 is 2.14 bits per heavy atom. The largest absolute Gasteiger partial charge is 0.356 e. The monoisotopic (exact) mass is 512 g/mol. The number of aliphatic imine (C=N–C) groups is 1. The number of hydrogen-bond acceptors (Lipinski definition) is 2. The third-order valence-corrected chi connectivity index (χ3v) is 4.61. The van der Waals surface area contributed by atoms with Crippen molar-refractivity contribution in [3.63, 3.8) is 0 Å². The average Bonchev–Trinajstić information content (AvgIpc) is 2.68. The molecule has 7 heteroatoms. The number of carbonyl (C=O) groups is 1. The lowest BCUT2D eigenvalue weighted by Crippen LogP contribution is -2.43. The number of benzene rings is 2. The van der Waals surface area contributed by atoms with Gasteiger partial charge in [0.25, 0.3) is 5.91 Å². The summed E-state index contributed by atoms with van der Waals surface area (Å²) in [7, 11) is 5.20. The van der Waals surface area contributed by atoms with Gasteiger partial charge in [0.05, 0.1) is 0 Å². The van der Waals surface area contributed by atoms with Gasteiger partial charge in [-0.1, -0.05) is 38.1 Å². The van der Waals surface area contributed by atoms with Crippen LogP contribution in [-0.2, 0) is 12.0 Å². The van der Waals surface area contributed by atoms with Crippen LogP contribution in [0, 0.1) is 5.82 Å². The lowest BCUT2D eigenvalue weighted by atomic mass is 9.84. The quantitative estimate of drug-likeness (QED) is 0.352. The van der Waals surface area contributed by atoms with Gasteiger partial charge < -0.3 is 15.5 Å². The van der Waals surface area contributed by atoms with Crippen LogP contribution >= 0.6 is 24.0 Å². The van der Waals surface area contributed by atoms with Crippen molar-refractivity contribution in [3.8, 4) is 0 Å². The van der Waals surface area contributed by atoms with E-state index in [9.17, 15) is 9.18 Å². The second-order valence-electron chi connectivity index (χ2n) is 7.57. The number of carbonyl (C=O) groups excluding carboxylic acids is 1. The summed E-state index contributed by atoms with van der Waals surface area (Å²) in [6, 6.07) is 14.1. The van der Waals surface area contributed by atoms with Crippen LogP contribution < -0.4 is 10.6 Å². The van der Waals surface area contributed by atoms with E-state index in [1.165, 1.54) is 12.1 Å². The predicted molar refractivity (Wildman–Crippen MR) is 128 cm³/mol. The number of nitrogens with one attached hydrogen (secondary N) is 2. The van der Waals surface area contributed by atoms with E-state index in [1.807, 2.05) is 36.4 Å². The Hall–Kier alpha value is -2.16. The van der Waals surface area contributed by atoms with Crippen molar-refractivity contribution in [3.05, 3.63) is 71.0 Å². The Bertz CT molecular complexity index is 818. The van der Waals surface area contributed by atoms with E-state index < -0.39 is 0 Å². The van der Waals surface area contributed by atoms with Gasteiger partial charge in [0.15, 0.2) is 5.96 Å². The van der Waals surface area contributed by atoms with Gasteiger partial charge in [-0.25, -0.2) is 4.39 Å². The van der Waals surface area contributed by atoms with Crippen LogP contribution in [0.5, 0.6) is 0 Å². The van der Waals surface area contributed by atoms with E-state index >= 15 is 0 Å². The molecule has 2 N–H and O–H groups in total. The van der Waals surface area contributed by atoms with E-state index in [0.29, 0.717) is 24.6 Å². The topological polar surface area (TPSA) is 56.7 Å². The molecule has 0 aliphatic rings. The highest BCUT2D eigenvalue weighted by atomic mass is 127. The van der Waals surface area contributed by atoms with Gasteiger partial charge in [-0.15, -0.1) is 24.0 Å². The summed E-state index contributed by atoms with van der Waals surface area (Å²) in [6.45, 7) is 5.43. The second-order valence-corrected chi connectivity index (χ2v) is 7.57. The van der Waals surface area contributed by atoms with Gasteiger partial charge in [-0.2, -0.15) is 0 Å². The molecule has 0 radical (unpaired) electrons. The summed E-state index contributed by atoms with van der Waals surface area (Å²) >= 11 is 0. The molecule has 29 heavy (non-hydrogen) atoms. The highest BCUT2D eigenvalue weighted by molar-refractivity contribution is 14.0. The van der Waals surface area contributed by atoms with Gasteiger partial charge in [-0.3, -0.25) is 9.79 Å². The SMILES string of the molecule is CN=C(NCc1ccc(C(=O)N(C)C)cc1)NCC(C)(C)c1ccc(F)cc1.I. The number of nitrogens with zero attached hydrogens (tertiary/aromatic N) is 2. The van der Waals surface area contributed by atoms with E-state index in [1.54, 1.807) is 26.0 Å². The minimum atomic E-state index is -0.233. The minimum absolute atomic E-state index is 0. The van der Waals surface area contributed by atoms with Crippen LogP contribution in [0.3, 0.4) is 0 Å². The third kappa shape index (κ3) is 7.30. The molecule has 0 aliphatic heterocycles. The molecule has 2 aromatic carbocycles. The zero-order chi connectivity index (χ0) is 20.7. The van der Waals surface area contributed by atoms with E-state index in [4.69, 9.17) is 0 Å². The standard InChI is InChI=1S/C22H29FN4O.HI/c1-22(2,18-10-12-19(23)13-11-18)15-26-21(24-3)25-14-16-6-8-17(9-7-16)20(28)27(4)5;/h6-13H,14-15H2,1-5H3,(H2,24,25,26);1H. The van der Waals surface area contributed by atoms with Crippen molar-refractivity contribution in [2.45, 2.75) is 25.8 Å². The summed E-state index contributed by atoms with van der Waals surface area (Å²) in [6.07, 6.45) is 0. The molecule has 0 heterocycles. The Kier molecular flexibility index (Phi) is 9.55. The van der Waals surface area contributed by atoms with Crippen molar-refractivity contribution in [1.29, 1.82) is 0 Å². The average molecular weight is 512 g/mol. The summed E-state index contributed by atoms with van der Waals surface area (Å²) in [5.74, 6) is 0.437. The smallest absolute Gasteiger partial charge is 0.253 e. The van der Waals surface area contributed by atoms with Crippen LogP contribution in [0.4, 0.5) is 4.39 Å². The molecular weight excluding hydrogens is 482 g/mol. The zero-order valence-corrected chi connectivity index (χ0v) is 20.0. The number of halogens is 2. The lowest BCUT2D eigenvalue weighted by Gasteiger charge is -2.26. The zero-order valence-electron chi connectivity index (χ0n) is 17.6. The van der Waals surface area contributed by atoms with Gasteiger partial charge in [-0.05, 0) is 35.4 Å². The molecule has 0 aliphatic carbocycles. The normalized spacial score (nSPS) is 11.4. The number of rotatable bonds is 6. The molecule has 2 rings (SSSR count). The van der Waals surface area contributed by atoms with Gasteiger partial charge in [0.2, 0.25) is 0 Å². The van der Waals surface area contributed by atoms with Crippen molar-refractivity contribution >= 4 is 35.8 Å². The summed E-state index contributed by atoms with van der Waals surface area (Å²) < 4.78 is 13.1. The maximum absolute atomic E-state index is 13.1. The van der Waals surface area contributed by atoms with Crippen molar-refractivity contribution in [1.82, 2.24) is 15.5 Å². The number of amides is 1. The highest BCUT2D eigenvalue weighted by Crippen LogP contribution is 2.22. The molecule has 5 nitrogen and oxygen atoms in total. The molecule has 2 aromatic rings. The van der Waals surface area contributed by atoms with Crippen LogP contribution in [0.2, 0.25) is 0 Å². The maximum atomic E-state index is 13.1. The van der Waals surface area contributed by atoms with Gasteiger partial charge >= 0.3 is 0 Å². The molecule has 0 saturated heterocycles. The first-order chi connectivity index (χ1) is 13.2. The van der Waals surface area contributed by atoms with Crippen LogP contribution in [0.25, 0.3) is 0 Å². The second kappa shape index (κ2) is 11.1. The Balaban J connectivity index is 0.00000420. The van der Waals surface area contributed by atoms with Crippen molar-refractivity contribution in [2.75, 3.05) is 27.7 Å². The third-order valence-electron chi connectivity index (χ3n) is 4.61. The predicted octanol–water partition coefficient (Wildman–Crippen LogP) is 3.79. The summed E-state index contributed by atoms with van der Waals surface area (Å²) in [4.78, 5) is 17.8. The van der Waals surface area contributed by atoms with Crippen molar-refractivity contribution < 1.29 is 9.18 Å². The number of hydrogen-bond donors (Lipinski definition) is 2. The molecule has 0 aromatic heterocycles. The van der Waals surface area contributed by atoms with Gasteiger partial charge in [0.1, 0.15) is 5.82 Å². The Labute approximate surface area is 189 Å². The molecule has 0 atom stereocenters. The Morgan fingerprint density at radius 1 is 1.03 bits per heavy atom. The van der Waals surface area contributed by atoms with Gasteiger partial charge in [0, 0.05) is 45.2 Å². The minimum Gasteiger partial charge on any atom is -0.356 e. The van der Waals surface area contributed by atoms with E-state index in [-0.39, 0.29) is 41.1 Å². The van der Waals surface area contributed by atoms with E-state index in [2.05, 4.69) is 29.5 Å². The first-order valence-electron chi connectivity index (χ1n) is 9.24. The lowest BCUT2D eigenvalue weighted by molar-refractivity contribution is 0.0827. The fraction of sp³-hybridized carbons (Fsp3) is 0.364. The maximum Gasteiger partial charge on any atom is 0.253 e. The molecule has 0 fully saturated rings. The molecule has 0 saturated carbocycles. The Morgan fingerprint density at radius 2 is 1.62 bits per heavy atom. The summed E-state index contributed by atoms with van der Waals surface area (Å²) in [5, 5.41) is 6.60. The highest BCUT2D eigenvalue weighted by Gasteiger charge is 2.21. The molecule has 1 amide bonds. The number of guanidine groups is 1. The molecular formula is C22H30FIN4O. The first kappa shape index (κ1) is 24.9. The van der Waals surface area contributed by atoms with Crippen LogP contribution in [-0.4, -0.2) is 44.5 Å². The molecule has 0 bridgehead atoms. The molecule has 0 unspecified atom stereocenters. The fourth-order valence-corrected chi connectivity index (χ4v) is 2.74. The van der Waals surface area contributed by atoms with E-state index in [0.717, 1.165) is 11.1 Å². The molecule has 158 valence electrons. The van der Waals surface area contributed by atoms with Crippen molar-refractivity contribution in [2.24, 2.45) is 4.99 Å². The molecule has 0 spiro atoms. The summed E-state index contributed by atoms with van der Waals surface area (Å²) in [5.41, 5.74) is 2.59. The van der Waals surface area contributed by atoms with Crippen LogP contribution in [0.1, 0.15) is 35.3 Å². The first-order valence-corrected chi connectivity index (χ1v) is 9.24. The fourth-order valence-electron chi connectivity index (χ4n) is 2.74. The van der Waals surface area contributed by atoms with Crippen LogP contribution in [0.15, 0.2) is 53.5 Å².